The van der Waals surface area contributed by atoms with Crippen molar-refractivity contribution >= 4 is 34.6 Å². The number of halogens is 4. The molecule has 1 saturated heterocycles. The number of furan rings is 1. The van der Waals surface area contributed by atoms with Gasteiger partial charge in [0.25, 0.3) is 0 Å². The summed E-state index contributed by atoms with van der Waals surface area (Å²) in [5, 5.41) is 10.5. The molecule has 0 saturated carbocycles. The number of anilines is 1. The molecule has 0 amide bonds. The topological polar surface area (TPSA) is 118 Å². The van der Waals surface area contributed by atoms with E-state index >= 15 is 0 Å². The van der Waals surface area contributed by atoms with Crippen LogP contribution in [0.15, 0.2) is 27.8 Å². The smallest absolute Gasteiger partial charge is 0.475 e. The molecule has 0 aromatic carbocycles. The van der Waals surface area contributed by atoms with Gasteiger partial charge in [0, 0.05) is 32.2 Å². The average Bonchev–Trinajstić information content (AvgIpc) is 3.38. The maximum Gasteiger partial charge on any atom is 0.490 e. The average molecular weight is 487 g/mol. The number of alkyl halides is 3. The second-order valence-corrected chi connectivity index (χ2v) is 6.98. The van der Waals surface area contributed by atoms with Crippen LogP contribution in [0.2, 0.25) is 5.28 Å². The maximum absolute atomic E-state index is 13.1. The lowest BCUT2D eigenvalue weighted by atomic mass is 10.3. The molecule has 10 nitrogen and oxygen atoms in total. The molecule has 0 atom stereocenters. The highest BCUT2D eigenvalue weighted by Gasteiger charge is 2.38. The van der Waals surface area contributed by atoms with Gasteiger partial charge in [0.05, 0.1) is 18.5 Å². The van der Waals surface area contributed by atoms with Crippen molar-refractivity contribution in [1.82, 2.24) is 24.4 Å². The molecule has 0 unspecified atom stereocenters. The lowest BCUT2D eigenvalue weighted by Crippen LogP contribution is -2.44. The number of hydrogen-bond donors (Lipinski definition) is 2. The van der Waals surface area contributed by atoms with Crippen molar-refractivity contribution < 1.29 is 27.5 Å². The van der Waals surface area contributed by atoms with Crippen molar-refractivity contribution in [2.75, 3.05) is 31.1 Å². The van der Waals surface area contributed by atoms with Gasteiger partial charge in [-0.15, -0.1) is 5.92 Å². The van der Waals surface area contributed by atoms with Gasteiger partial charge in [0.15, 0.2) is 11.5 Å². The first kappa shape index (κ1) is 24.1. The summed E-state index contributed by atoms with van der Waals surface area (Å²) in [6.07, 6.45) is -2.08. The Kier molecular flexibility index (Phi) is 7.29. The second kappa shape index (κ2) is 9.97. The standard InChI is InChI=1S/C17H17ClN6O2.C2HF3O2/c1-2-3-7-23-13-14(22-8-5-19-6-9-22)20-16(18)21-15(13)24(17(23)25)12-4-10-26-11-12;3-2(4,5)1(6)7/h4,10-11,19H,5-9H2,1H3;(H,6,7). The zero-order chi connectivity index (χ0) is 24.2. The first-order valence-electron chi connectivity index (χ1n) is 9.52. The van der Waals surface area contributed by atoms with E-state index in [1.807, 2.05) is 0 Å². The highest BCUT2D eigenvalue weighted by Crippen LogP contribution is 2.27. The summed E-state index contributed by atoms with van der Waals surface area (Å²) in [5.41, 5.74) is 1.41. The van der Waals surface area contributed by atoms with Crippen LogP contribution in [0.5, 0.6) is 0 Å². The number of aromatic nitrogens is 4. The van der Waals surface area contributed by atoms with Gasteiger partial charge in [-0.2, -0.15) is 23.1 Å². The van der Waals surface area contributed by atoms with Crippen molar-refractivity contribution in [2.24, 2.45) is 0 Å². The number of aliphatic carboxylic acids is 1. The summed E-state index contributed by atoms with van der Waals surface area (Å²) in [5.74, 6) is 3.69. The van der Waals surface area contributed by atoms with Crippen LogP contribution in [0, 0.1) is 11.8 Å². The molecule has 14 heteroatoms. The van der Waals surface area contributed by atoms with Gasteiger partial charge in [0.2, 0.25) is 5.28 Å². The second-order valence-electron chi connectivity index (χ2n) is 6.64. The summed E-state index contributed by atoms with van der Waals surface area (Å²) in [7, 11) is 0. The SMILES string of the molecule is CC#CCn1c(=O)n(-c2ccoc2)c2nc(Cl)nc(N3CCNCC3)c21.O=C(O)C(F)(F)F. The van der Waals surface area contributed by atoms with Crippen LogP contribution in [0.1, 0.15) is 6.92 Å². The normalized spacial score (nSPS) is 13.8. The highest BCUT2D eigenvalue weighted by atomic mass is 35.5. The van der Waals surface area contributed by atoms with Crippen LogP contribution < -0.4 is 15.9 Å². The molecular formula is C19H18ClF3N6O4. The van der Waals surface area contributed by atoms with Crippen LogP contribution in [0.3, 0.4) is 0 Å². The number of nitrogens with one attached hydrogen (secondary N) is 1. The minimum atomic E-state index is -5.08. The predicted octanol–water partition coefficient (Wildman–Crippen LogP) is 1.89. The Balaban J connectivity index is 0.000000383. The Morgan fingerprint density at radius 1 is 1.33 bits per heavy atom. The van der Waals surface area contributed by atoms with E-state index in [1.165, 1.54) is 17.1 Å². The predicted molar refractivity (Wildman–Crippen MR) is 113 cm³/mol. The van der Waals surface area contributed by atoms with Crippen molar-refractivity contribution in [1.29, 1.82) is 0 Å². The number of hydrogen-bond acceptors (Lipinski definition) is 7. The number of carboxylic acid groups (broad SMARTS) is 1. The molecule has 2 N–H and O–H groups in total. The fourth-order valence-electron chi connectivity index (χ4n) is 3.13. The molecule has 33 heavy (non-hydrogen) atoms. The van der Waals surface area contributed by atoms with Gasteiger partial charge >= 0.3 is 17.8 Å². The van der Waals surface area contributed by atoms with Crippen LogP contribution in [0.4, 0.5) is 19.0 Å². The quantitative estimate of drug-likeness (QED) is 0.425. The molecule has 1 aliphatic heterocycles. The zero-order valence-corrected chi connectivity index (χ0v) is 17.9. The lowest BCUT2D eigenvalue weighted by molar-refractivity contribution is -0.192. The van der Waals surface area contributed by atoms with Crippen molar-refractivity contribution in [2.45, 2.75) is 19.6 Å². The van der Waals surface area contributed by atoms with Gasteiger partial charge in [-0.3, -0.25) is 4.57 Å². The number of nitrogens with zero attached hydrogens (tertiary/aromatic N) is 5. The molecule has 3 aromatic rings. The van der Waals surface area contributed by atoms with Crippen LogP contribution in [-0.2, 0) is 11.3 Å². The number of carbonyl (C=O) groups is 1. The highest BCUT2D eigenvalue weighted by molar-refractivity contribution is 6.28. The Morgan fingerprint density at radius 2 is 2.00 bits per heavy atom. The minimum absolute atomic E-state index is 0.0991. The van der Waals surface area contributed by atoms with E-state index in [0.29, 0.717) is 22.7 Å². The molecule has 0 aliphatic carbocycles. The summed E-state index contributed by atoms with van der Waals surface area (Å²) in [4.78, 5) is 32.9. The Labute approximate surface area is 189 Å². The van der Waals surface area contributed by atoms with Gasteiger partial charge in [-0.1, -0.05) is 5.92 Å². The van der Waals surface area contributed by atoms with E-state index in [9.17, 15) is 18.0 Å². The molecule has 4 rings (SSSR count). The monoisotopic (exact) mass is 486 g/mol. The van der Waals surface area contributed by atoms with E-state index < -0.39 is 12.1 Å². The van der Waals surface area contributed by atoms with E-state index in [2.05, 4.69) is 32.0 Å². The number of carboxylic acids is 1. The summed E-state index contributed by atoms with van der Waals surface area (Å²) >= 11 is 6.20. The van der Waals surface area contributed by atoms with E-state index in [1.54, 1.807) is 17.6 Å². The third-order valence-corrected chi connectivity index (χ3v) is 4.73. The van der Waals surface area contributed by atoms with Crippen molar-refractivity contribution in [3.05, 3.63) is 34.4 Å². The van der Waals surface area contributed by atoms with E-state index in [-0.39, 0.29) is 17.5 Å². The van der Waals surface area contributed by atoms with Gasteiger partial charge < -0.3 is 19.7 Å². The largest absolute Gasteiger partial charge is 0.490 e. The Morgan fingerprint density at radius 3 is 2.55 bits per heavy atom. The van der Waals surface area contributed by atoms with E-state index in [0.717, 1.165) is 26.2 Å². The Bertz CT molecular complexity index is 1250. The minimum Gasteiger partial charge on any atom is -0.475 e. The maximum atomic E-state index is 13.1. The first-order chi connectivity index (χ1) is 15.6. The number of piperazine rings is 1. The van der Waals surface area contributed by atoms with Gasteiger partial charge in [-0.05, 0) is 18.5 Å². The van der Waals surface area contributed by atoms with Crippen LogP contribution in [0.25, 0.3) is 16.9 Å². The molecule has 0 radical (unpaired) electrons. The summed E-state index contributed by atoms with van der Waals surface area (Å²) in [6, 6.07) is 1.71. The molecule has 3 aromatic heterocycles. The molecule has 1 fully saturated rings. The third kappa shape index (κ3) is 5.29. The van der Waals surface area contributed by atoms with Crippen molar-refractivity contribution in [3.8, 4) is 17.5 Å². The molecule has 0 bridgehead atoms. The molecule has 0 spiro atoms. The number of rotatable bonds is 3. The van der Waals surface area contributed by atoms with Gasteiger partial charge in [-0.25, -0.2) is 14.2 Å². The van der Waals surface area contributed by atoms with Crippen LogP contribution >= 0.6 is 11.6 Å². The summed E-state index contributed by atoms with van der Waals surface area (Å²) < 4.78 is 40.0. The third-order valence-electron chi connectivity index (χ3n) is 4.56. The van der Waals surface area contributed by atoms with Crippen LogP contribution in [-0.4, -0.2) is 62.5 Å². The number of imidazole rings is 1. The molecule has 1 aliphatic rings. The Hall–Kier alpha value is -3.50. The van der Waals surface area contributed by atoms with E-state index in [4.69, 9.17) is 25.9 Å². The fraction of sp³-hybridized carbons (Fsp3) is 0.368. The summed E-state index contributed by atoms with van der Waals surface area (Å²) in [6.45, 7) is 5.21. The lowest BCUT2D eigenvalue weighted by Gasteiger charge is -2.28. The molecular weight excluding hydrogens is 469 g/mol. The molecule has 4 heterocycles. The number of fused-ring (bicyclic) bond motifs is 1. The molecule has 176 valence electrons. The van der Waals surface area contributed by atoms with Crippen molar-refractivity contribution in [3.63, 3.8) is 0 Å². The van der Waals surface area contributed by atoms with Gasteiger partial charge in [0.1, 0.15) is 11.8 Å². The first-order valence-corrected chi connectivity index (χ1v) is 9.89. The fourth-order valence-corrected chi connectivity index (χ4v) is 3.29. The zero-order valence-electron chi connectivity index (χ0n) is 17.2.